The summed E-state index contributed by atoms with van der Waals surface area (Å²) in [6.07, 6.45) is 3.86. The number of pyridine rings is 1. The van der Waals surface area contributed by atoms with Gasteiger partial charge >= 0.3 is 5.97 Å². The summed E-state index contributed by atoms with van der Waals surface area (Å²) in [7, 11) is 0. The fraction of sp³-hybridized carbons (Fsp3) is 0.368. The number of carboxylic acids is 1. The molecule has 0 unspecified atom stereocenters. The summed E-state index contributed by atoms with van der Waals surface area (Å²) in [5, 5.41) is 9.23. The summed E-state index contributed by atoms with van der Waals surface area (Å²) >= 11 is 0. The quantitative estimate of drug-likeness (QED) is 0.900. The first-order valence-electron chi connectivity index (χ1n) is 8.37. The first kappa shape index (κ1) is 17.5. The Morgan fingerprint density at radius 1 is 1.20 bits per heavy atom. The van der Waals surface area contributed by atoms with Gasteiger partial charge < -0.3 is 5.11 Å². The van der Waals surface area contributed by atoms with Gasteiger partial charge in [-0.15, -0.1) is 0 Å². The van der Waals surface area contributed by atoms with Crippen molar-refractivity contribution in [3.05, 3.63) is 65.0 Å². The molecule has 1 aromatic heterocycles. The Morgan fingerprint density at radius 3 is 2.68 bits per heavy atom. The molecular weight excluding hydrogens is 326 g/mol. The topological polar surface area (TPSA) is 53.4 Å². The zero-order valence-electron chi connectivity index (χ0n) is 13.8. The third-order valence-electron chi connectivity index (χ3n) is 4.74. The van der Waals surface area contributed by atoms with Crippen molar-refractivity contribution in [3.63, 3.8) is 0 Å². The molecule has 1 saturated heterocycles. The van der Waals surface area contributed by atoms with Crippen LogP contribution in [0.25, 0.3) is 0 Å². The highest BCUT2D eigenvalue weighted by molar-refractivity contribution is 5.88. The summed E-state index contributed by atoms with van der Waals surface area (Å²) in [6.45, 7) is 2.07. The van der Waals surface area contributed by atoms with Crippen molar-refractivity contribution >= 4 is 5.97 Å². The molecule has 0 radical (unpaired) electrons. The van der Waals surface area contributed by atoms with E-state index in [1.54, 1.807) is 24.4 Å². The third kappa shape index (κ3) is 4.20. The molecule has 0 spiro atoms. The van der Waals surface area contributed by atoms with Crippen LogP contribution in [0.5, 0.6) is 0 Å². The van der Waals surface area contributed by atoms with E-state index in [1.165, 1.54) is 6.07 Å². The van der Waals surface area contributed by atoms with Gasteiger partial charge in [-0.05, 0) is 62.0 Å². The van der Waals surface area contributed by atoms with E-state index in [0.717, 1.165) is 32.0 Å². The van der Waals surface area contributed by atoms with E-state index in [2.05, 4.69) is 9.88 Å². The van der Waals surface area contributed by atoms with Crippen LogP contribution in [0, 0.1) is 17.6 Å². The number of hydrogen-bond donors (Lipinski definition) is 1. The molecular formula is C19H20F2N2O2. The lowest BCUT2D eigenvalue weighted by atomic mass is 9.90. The van der Waals surface area contributed by atoms with Crippen molar-refractivity contribution in [2.24, 2.45) is 5.92 Å². The lowest BCUT2D eigenvalue weighted by Gasteiger charge is -2.32. The van der Waals surface area contributed by atoms with Crippen LogP contribution in [0.4, 0.5) is 8.78 Å². The minimum Gasteiger partial charge on any atom is -0.478 e. The largest absolute Gasteiger partial charge is 0.478 e. The number of carbonyl (C=O) groups is 1. The molecule has 0 bridgehead atoms. The fourth-order valence-corrected chi connectivity index (χ4v) is 3.34. The number of hydrogen-bond acceptors (Lipinski definition) is 3. The standard InChI is InChI=1S/C19H20F2N2O2/c20-16-5-1-3-14(18(16)21)11-13-6-9-23(10-7-13)12-17-15(19(24)25)4-2-8-22-17/h1-5,8,13H,6-7,9-12H2,(H,24,25). The van der Waals surface area contributed by atoms with Crippen molar-refractivity contribution in [2.45, 2.75) is 25.8 Å². The molecule has 1 aliphatic heterocycles. The van der Waals surface area contributed by atoms with E-state index in [9.17, 15) is 18.7 Å². The SMILES string of the molecule is O=C(O)c1cccnc1CN1CCC(Cc2cccc(F)c2F)CC1. The fourth-order valence-electron chi connectivity index (χ4n) is 3.34. The zero-order chi connectivity index (χ0) is 17.8. The predicted octanol–water partition coefficient (Wildman–Crippen LogP) is 3.51. The average molecular weight is 346 g/mol. The molecule has 0 atom stereocenters. The molecule has 0 amide bonds. The van der Waals surface area contributed by atoms with Gasteiger partial charge in [0.1, 0.15) is 0 Å². The highest BCUT2D eigenvalue weighted by Crippen LogP contribution is 2.25. The number of carboxylic acid groups (broad SMARTS) is 1. The Bertz CT molecular complexity index is 759. The summed E-state index contributed by atoms with van der Waals surface area (Å²) in [4.78, 5) is 17.6. The van der Waals surface area contributed by atoms with Gasteiger partial charge in [0.25, 0.3) is 0 Å². The Balaban J connectivity index is 1.57. The summed E-state index contributed by atoms with van der Waals surface area (Å²) in [5.74, 6) is -2.22. The van der Waals surface area contributed by atoms with E-state index < -0.39 is 17.6 Å². The summed E-state index contributed by atoms with van der Waals surface area (Å²) in [5.41, 5.74) is 1.22. The van der Waals surface area contributed by atoms with Gasteiger partial charge in [0.2, 0.25) is 0 Å². The molecule has 4 nitrogen and oxygen atoms in total. The first-order valence-corrected chi connectivity index (χ1v) is 8.37. The lowest BCUT2D eigenvalue weighted by molar-refractivity contribution is 0.0692. The number of aromatic nitrogens is 1. The van der Waals surface area contributed by atoms with Gasteiger partial charge in [-0.2, -0.15) is 0 Å². The van der Waals surface area contributed by atoms with Crippen LogP contribution in [0.1, 0.15) is 34.5 Å². The van der Waals surface area contributed by atoms with Crippen LogP contribution in [0.3, 0.4) is 0 Å². The summed E-state index contributed by atoms with van der Waals surface area (Å²) in [6, 6.07) is 7.49. The van der Waals surface area contributed by atoms with Crippen molar-refractivity contribution in [1.29, 1.82) is 0 Å². The van der Waals surface area contributed by atoms with Gasteiger partial charge in [0.05, 0.1) is 11.3 Å². The molecule has 1 aliphatic rings. The van der Waals surface area contributed by atoms with Crippen LogP contribution in [-0.4, -0.2) is 34.0 Å². The second kappa shape index (κ2) is 7.70. The Kier molecular flexibility index (Phi) is 5.38. The predicted molar refractivity (Wildman–Crippen MR) is 89.3 cm³/mol. The van der Waals surface area contributed by atoms with E-state index in [-0.39, 0.29) is 5.56 Å². The van der Waals surface area contributed by atoms with Gasteiger partial charge in [-0.25, -0.2) is 13.6 Å². The second-order valence-corrected chi connectivity index (χ2v) is 6.44. The average Bonchev–Trinajstić information content (AvgIpc) is 2.61. The van der Waals surface area contributed by atoms with Crippen LogP contribution in [0.15, 0.2) is 36.5 Å². The van der Waals surface area contributed by atoms with Gasteiger partial charge in [-0.1, -0.05) is 12.1 Å². The van der Waals surface area contributed by atoms with Crippen LogP contribution in [-0.2, 0) is 13.0 Å². The molecule has 25 heavy (non-hydrogen) atoms. The van der Waals surface area contributed by atoms with E-state index in [0.29, 0.717) is 30.1 Å². The van der Waals surface area contributed by atoms with Crippen molar-refractivity contribution < 1.29 is 18.7 Å². The zero-order valence-corrected chi connectivity index (χ0v) is 13.8. The number of aromatic carboxylic acids is 1. The van der Waals surface area contributed by atoms with Gasteiger partial charge in [0, 0.05) is 12.7 Å². The molecule has 0 aliphatic carbocycles. The number of halogens is 2. The maximum Gasteiger partial charge on any atom is 0.337 e. The Morgan fingerprint density at radius 2 is 1.96 bits per heavy atom. The monoisotopic (exact) mass is 346 g/mol. The van der Waals surface area contributed by atoms with Crippen molar-refractivity contribution in [2.75, 3.05) is 13.1 Å². The molecule has 2 aromatic rings. The van der Waals surface area contributed by atoms with E-state index in [4.69, 9.17) is 0 Å². The number of likely N-dealkylation sites (tertiary alicyclic amines) is 1. The molecule has 2 heterocycles. The number of rotatable bonds is 5. The van der Waals surface area contributed by atoms with Crippen LogP contribution in [0.2, 0.25) is 0 Å². The molecule has 132 valence electrons. The molecule has 0 saturated carbocycles. The number of benzene rings is 1. The smallest absolute Gasteiger partial charge is 0.337 e. The highest BCUT2D eigenvalue weighted by Gasteiger charge is 2.23. The molecule has 6 heteroatoms. The van der Waals surface area contributed by atoms with E-state index in [1.807, 2.05) is 0 Å². The van der Waals surface area contributed by atoms with Crippen LogP contribution < -0.4 is 0 Å². The second-order valence-electron chi connectivity index (χ2n) is 6.44. The maximum atomic E-state index is 13.8. The van der Waals surface area contributed by atoms with Crippen molar-refractivity contribution in [3.8, 4) is 0 Å². The third-order valence-corrected chi connectivity index (χ3v) is 4.74. The minimum atomic E-state index is -0.973. The first-order chi connectivity index (χ1) is 12.0. The Hall–Kier alpha value is -2.34. The number of nitrogens with zero attached hydrogens (tertiary/aromatic N) is 2. The lowest BCUT2D eigenvalue weighted by Crippen LogP contribution is -2.34. The van der Waals surface area contributed by atoms with Gasteiger partial charge in [-0.3, -0.25) is 9.88 Å². The van der Waals surface area contributed by atoms with E-state index >= 15 is 0 Å². The van der Waals surface area contributed by atoms with Gasteiger partial charge in [0.15, 0.2) is 11.6 Å². The molecule has 1 fully saturated rings. The highest BCUT2D eigenvalue weighted by atomic mass is 19.2. The molecule has 1 N–H and O–H groups in total. The number of piperidine rings is 1. The summed E-state index contributed by atoms with van der Waals surface area (Å²) < 4.78 is 27.1. The maximum absolute atomic E-state index is 13.8. The van der Waals surface area contributed by atoms with Crippen molar-refractivity contribution in [1.82, 2.24) is 9.88 Å². The normalized spacial score (nSPS) is 16.1. The Labute approximate surface area is 145 Å². The molecule has 3 rings (SSSR count). The molecule has 1 aromatic carbocycles. The minimum absolute atomic E-state index is 0.228. The van der Waals surface area contributed by atoms with Crippen LogP contribution >= 0.6 is 0 Å².